The molecule has 0 saturated heterocycles. The summed E-state index contributed by atoms with van der Waals surface area (Å²) in [5.41, 5.74) is 5.09. The van der Waals surface area contributed by atoms with Gasteiger partial charge in [-0.2, -0.15) is 13.8 Å². The van der Waals surface area contributed by atoms with E-state index in [-0.39, 0.29) is 11.8 Å². The number of alkyl halides is 2. The largest absolute Gasteiger partial charge is 0.417 e. The van der Waals surface area contributed by atoms with Crippen LogP contribution in [0.15, 0.2) is 12.3 Å². The van der Waals surface area contributed by atoms with Gasteiger partial charge in [0.15, 0.2) is 0 Å². The fourth-order valence-corrected chi connectivity index (χ4v) is 0.513. The topological polar surface area (TPSA) is 61.0 Å². The predicted molar refractivity (Wildman–Crippen MR) is 33.1 cm³/mol. The molecular weight excluding hydrogens is 156 g/mol. The Hall–Kier alpha value is -1.46. The molecule has 0 fully saturated rings. The van der Waals surface area contributed by atoms with Crippen LogP contribution in [0.5, 0.6) is 5.88 Å². The Morgan fingerprint density at radius 3 is 2.82 bits per heavy atom. The van der Waals surface area contributed by atoms with Crippen molar-refractivity contribution in [1.82, 2.24) is 9.97 Å². The predicted octanol–water partition coefficient (Wildman–Crippen LogP) is 0.660. The first-order valence-electron chi connectivity index (χ1n) is 2.72. The molecular formula is C5H5F2N3O. The van der Waals surface area contributed by atoms with Gasteiger partial charge in [0.2, 0.25) is 11.8 Å². The maximum absolute atomic E-state index is 11.5. The van der Waals surface area contributed by atoms with Crippen molar-refractivity contribution in [2.75, 3.05) is 5.73 Å². The van der Waals surface area contributed by atoms with Gasteiger partial charge < -0.3 is 10.5 Å². The quantitative estimate of drug-likeness (QED) is 0.692. The molecule has 0 aliphatic carbocycles. The molecule has 0 aliphatic heterocycles. The van der Waals surface area contributed by atoms with Crippen molar-refractivity contribution < 1.29 is 13.5 Å². The summed E-state index contributed by atoms with van der Waals surface area (Å²) in [6, 6.07) is 1.20. The molecule has 2 N–H and O–H groups in total. The summed E-state index contributed by atoms with van der Waals surface area (Å²) in [5, 5.41) is 0. The number of halogens is 2. The van der Waals surface area contributed by atoms with Gasteiger partial charge in [-0.1, -0.05) is 0 Å². The second kappa shape index (κ2) is 3.09. The van der Waals surface area contributed by atoms with E-state index in [1.807, 2.05) is 0 Å². The molecule has 1 heterocycles. The molecule has 0 amide bonds. The molecule has 0 atom stereocenters. The van der Waals surface area contributed by atoms with Gasteiger partial charge in [-0.25, -0.2) is 4.98 Å². The smallest absolute Gasteiger partial charge is 0.388 e. The van der Waals surface area contributed by atoms with Crippen LogP contribution in [-0.2, 0) is 0 Å². The highest BCUT2D eigenvalue weighted by molar-refractivity contribution is 5.20. The summed E-state index contributed by atoms with van der Waals surface area (Å²) in [7, 11) is 0. The average Bonchev–Trinajstić information content (AvgIpc) is 1.85. The minimum Gasteiger partial charge on any atom is -0.417 e. The number of nitrogens with zero attached hydrogens (tertiary/aromatic N) is 2. The molecule has 0 spiro atoms. The van der Waals surface area contributed by atoms with E-state index < -0.39 is 6.61 Å². The van der Waals surface area contributed by atoms with Crippen molar-refractivity contribution >= 4 is 5.95 Å². The summed E-state index contributed by atoms with van der Waals surface area (Å²) < 4.78 is 27.0. The van der Waals surface area contributed by atoms with E-state index in [2.05, 4.69) is 14.7 Å². The third-order valence-electron chi connectivity index (χ3n) is 0.858. The monoisotopic (exact) mass is 161 g/mol. The zero-order valence-electron chi connectivity index (χ0n) is 5.37. The molecule has 11 heavy (non-hydrogen) atoms. The molecule has 0 aliphatic rings. The molecule has 60 valence electrons. The van der Waals surface area contributed by atoms with Crippen molar-refractivity contribution in [2.45, 2.75) is 6.61 Å². The molecule has 1 rings (SSSR count). The minimum atomic E-state index is -2.88. The molecule has 1 aromatic heterocycles. The third kappa shape index (κ3) is 2.32. The van der Waals surface area contributed by atoms with Gasteiger partial charge >= 0.3 is 6.61 Å². The Kier molecular flexibility index (Phi) is 2.15. The SMILES string of the molecule is Nc1nccc(OC(F)F)n1. The standard InChI is InChI=1S/C5H5F2N3O/c6-4(7)11-3-1-2-9-5(8)10-3/h1-2,4H,(H2,8,9,10). The molecule has 0 bridgehead atoms. The summed E-state index contributed by atoms with van der Waals surface area (Å²) in [5.74, 6) is -0.323. The number of rotatable bonds is 2. The van der Waals surface area contributed by atoms with Gasteiger partial charge in [0.25, 0.3) is 0 Å². The van der Waals surface area contributed by atoms with E-state index in [0.717, 1.165) is 0 Å². The molecule has 1 aromatic rings. The molecule has 6 heteroatoms. The fourth-order valence-electron chi connectivity index (χ4n) is 0.513. The van der Waals surface area contributed by atoms with Crippen LogP contribution in [-0.4, -0.2) is 16.6 Å². The second-order valence-electron chi connectivity index (χ2n) is 1.63. The van der Waals surface area contributed by atoms with Crippen LogP contribution < -0.4 is 10.5 Å². The van der Waals surface area contributed by atoms with Crippen molar-refractivity contribution in [3.05, 3.63) is 12.3 Å². The van der Waals surface area contributed by atoms with Crippen LogP contribution in [0.4, 0.5) is 14.7 Å². The van der Waals surface area contributed by atoms with Gasteiger partial charge in [0.1, 0.15) is 0 Å². The summed E-state index contributed by atoms with van der Waals surface area (Å²) >= 11 is 0. The maximum atomic E-state index is 11.5. The number of anilines is 1. The Labute approximate surface area is 61.0 Å². The number of nitrogen functional groups attached to an aromatic ring is 1. The number of aromatic nitrogens is 2. The highest BCUT2D eigenvalue weighted by Crippen LogP contribution is 2.09. The zero-order valence-corrected chi connectivity index (χ0v) is 5.37. The average molecular weight is 161 g/mol. The van der Waals surface area contributed by atoms with Crippen LogP contribution in [0.3, 0.4) is 0 Å². The van der Waals surface area contributed by atoms with E-state index in [0.29, 0.717) is 0 Å². The lowest BCUT2D eigenvalue weighted by atomic mass is 10.6. The normalized spacial score (nSPS) is 10.1. The van der Waals surface area contributed by atoms with Crippen LogP contribution >= 0.6 is 0 Å². The summed E-state index contributed by atoms with van der Waals surface area (Å²) in [4.78, 5) is 6.87. The second-order valence-corrected chi connectivity index (χ2v) is 1.63. The van der Waals surface area contributed by atoms with E-state index in [1.54, 1.807) is 0 Å². The lowest BCUT2D eigenvalue weighted by molar-refractivity contribution is -0.0528. The number of hydrogen-bond acceptors (Lipinski definition) is 4. The third-order valence-corrected chi connectivity index (χ3v) is 0.858. The van der Waals surface area contributed by atoms with E-state index in [4.69, 9.17) is 5.73 Å². The minimum absolute atomic E-state index is 0.0943. The highest BCUT2D eigenvalue weighted by Gasteiger charge is 2.04. The van der Waals surface area contributed by atoms with Gasteiger partial charge in [-0.3, -0.25) is 0 Å². The van der Waals surface area contributed by atoms with Crippen LogP contribution in [0.1, 0.15) is 0 Å². The Balaban J connectivity index is 2.71. The van der Waals surface area contributed by atoms with Crippen LogP contribution in [0.25, 0.3) is 0 Å². The first-order chi connectivity index (χ1) is 5.18. The van der Waals surface area contributed by atoms with Crippen molar-refractivity contribution in [3.63, 3.8) is 0 Å². The fraction of sp³-hybridized carbons (Fsp3) is 0.200. The Bertz CT molecular complexity index is 243. The van der Waals surface area contributed by atoms with Crippen molar-refractivity contribution in [3.8, 4) is 5.88 Å². The summed E-state index contributed by atoms with van der Waals surface area (Å²) in [6.07, 6.45) is 1.24. The van der Waals surface area contributed by atoms with Crippen molar-refractivity contribution in [2.24, 2.45) is 0 Å². The first kappa shape index (κ1) is 7.64. The van der Waals surface area contributed by atoms with Crippen LogP contribution in [0, 0.1) is 0 Å². The Morgan fingerprint density at radius 2 is 2.27 bits per heavy atom. The van der Waals surface area contributed by atoms with Gasteiger partial charge in [-0.05, 0) is 0 Å². The number of nitrogens with two attached hydrogens (primary N) is 1. The molecule has 0 radical (unpaired) electrons. The zero-order chi connectivity index (χ0) is 8.27. The van der Waals surface area contributed by atoms with Gasteiger partial charge in [-0.15, -0.1) is 0 Å². The number of ether oxygens (including phenoxy) is 1. The van der Waals surface area contributed by atoms with E-state index in [9.17, 15) is 8.78 Å². The molecule has 0 saturated carbocycles. The highest BCUT2D eigenvalue weighted by atomic mass is 19.3. The van der Waals surface area contributed by atoms with E-state index in [1.165, 1.54) is 12.3 Å². The van der Waals surface area contributed by atoms with E-state index >= 15 is 0 Å². The van der Waals surface area contributed by atoms with Gasteiger partial charge in [0, 0.05) is 12.3 Å². The Morgan fingerprint density at radius 1 is 1.55 bits per heavy atom. The molecule has 0 unspecified atom stereocenters. The lowest BCUT2D eigenvalue weighted by Crippen LogP contribution is -2.05. The molecule has 4 nitrogen and oxygen atoms in total. The lowest BCUT2D eigenvalue weighted by Gasteiger charge is -2.01. The summed E-state index contributed by atoms with van der Waals surface area (Å²) in [6.45, 7) is -2.88. The molecule has 0 aromatic carbocycles. The van der Waals surface area contributed by atoms with Gasteiger partial charge in [0.05, 0.1) is 0 Å². The number of hydrogen-bond donors (Lipinski definition) is 1. The van der Waals surface area contributed by atoms with Crippen molar-refractivity contribution in [1.29, 1.82) is 0 Å². The maximum Gasteiger partial charge on any atom is 0.388 e. The van der Waals surface area contributed by atoms with Crippen LogP contribution in [0.2, 0.25) is 0 Å². The first-order valence-corrected chi connectivity index (χ1v) is 2.72.